The summed E-state index contributed by atoms with van der Waals surface area (Å²) in [6, 6.07) is 6.85. The fourth-order valence-corrected chi connectivity index (χ4v) is 2.45. The van der Waals surface area contributed by atoms with Crippen LogP contribution in [0.3, 0.4) is 0 Å². The normalized spacial score (nSPS) is 10.6. The Kier molecular flexibility index (Phi) is 4.14. The van der Waals surface area contributed by atoms with Crippen LogP contribution in [0.1, 0.15) is 11.1 Å². The van der Waals surface area contributed by atoms with E-state index in [4.69, 9.17) is 45.3 Å². The number of hydrogen-bond donors (Lipinski definition) is 1. The lowest BCUT2D eigenvalue weighted by Gasteiger charge is -2.12. The molecule has 19 heavy (non-hydrogen) atoms. The molecule has 5 heteroatoms. The van der Waals surface area contributed by atoms with Crippen LogP contribution in [0.5, 0.6) is 11.5 Å². The Balaban J connectivity index is 2.42. The molecule has 0 aliphatic rings. The van der Waals surface area contributed by atoms with E-state index in [0.29, 0.717) is 27.2 Å². The number of benzene rings is 2. The van der Waals surface area contributed by atoms with Gasteiger partial charge in [-0.3, -0.25) is 0 Å². The molecule has 2 nitrogen and oxygen atoms in total. The molecule has 2 rings (SSSR count). The van der Waals surface area contributed by atoms with Gasteiger partial charge >= 0.3 is 0 Å². The average molecular weight is 317 g/mol. The SMILES string of the molecule is Cc1cc(Oc2c(Cl)cc(N)cc2Cl)cc(C)c1Cl. The predicted molar refractivity (Wildman–Crippen MR) is 81.9 cm³/mol. The van der Waals surface area contributed by atoms with E-state index >= 15 is 0 Å². The van der Waals surface area contributed by atoms with E-state index in [0.717, 1.165) is 16.1 Å². The first kappa shape index (κ1) is 14.3. The molecular weight excluding hydrogens is 305 g/mol. The van der Waals surface area contributed by atoms with E-state index in [1.807, 2.05) is 26.0 Å². The van der Waals surface area contributed by atoms with Gasteiger partial charge in [-0.25, -0.2) is 0 Å². The monoisotopic (exact) mass is 315 g/mol. The first-order chi connectivity index (χ1) is 8.88. The summed E-state index contributed by atoms with van der Waals surface area (Å²) in [6.45, 7) is 3.82. The van der Waals surface area contributed by atoms with Crippen LogP contribution in [0.15, 0.2) is 24.3 Å². The minimum Gasteiger partial charge on any atom is -0.454 e. The Hall–Kier alpha value is -1.09. The van der Waals surface area contributed by atoms with Gasteiger partial charge in [-0.05, 0) is 49.2 Å². The number of hydrogen-bond acceptors (Lipinski definition) is 2. The molecule has 0 saturated heterocycles. The molecule has 0 amide bonds. The molecule has 2 N–H and O–H groups in total. The minimum absolute atomic E-state index is 0.371. The third-order valence-electron chi connectivity index (χ3n) is 2.65. The molecule has 0 atom stereocenters. The molecule has 0 aromatic heterocycles. The fourth-order valence-electron chi connectivity index (χ4n) is 1.76. The lowest BCUT2D eigenvalue weighted by molar-refractivity contribution is 0.482. The summed E-state index contributed by atoms with van der Waals surface area (Å²) in [7, 11) is 0. The van der Waals surface area contributed by atoms with Crippen LogP contribution >= 0.6 is 34.8 Å². The van der Waals surface area contributed by atoms with Crippen molar-refractivity contribution in [2.24, 2.45) is 0 Å². The molecule has 0 spiro atoms. The van der Waals surface area contributed by atoms with Crippen LogP contribution in [0, 0.1) is 13.8 Å². The van der Waals surface area contributed by atoms with Crippen molar-refractivity contribution in [1.29, 1.82) is 0 Å². The second kappa shape index (κ2) is 5.49. The van der Waals surface area contributed by atoms with Crippen LogP contribution in [0.4, 0.5) is 5.69 Å². The van der Waals surface area contributed by atoms with Crippen LogP contribution in [0.25, 0.3) is 0 Å². The van der Waals surface area contributed by atoms with Gasteiger partial charge in [0, 0.05) is 10.7 Å². The van der Waals surface area contributed by atoms with Crippen molar-refractivity contribution in [2.75, 3.05) is 5.73 Å². The van der Waals surface area contributed by atoms with Crippen LogP contribution in [-0.4, -0.2) is 0 Å². The maximum atomic E-state index is 6.11. The molecule has 2 aromatic rings. The van der Waals surface area contributed by atoms with E-state index < -0.39 is 0 Å². The molecule has 0 fully saturated rings. The van der Waals surface area contributed by atoms with Gasteiger partial charge in [0.05, 0.1) is 10.0 Å². The third-order valence-corrected chi connectivity index (χ3v) is 3.81. The summed E-state index contributed by atoms with van der Waals surface area (Å²) in [6.07, 6.45) is 0. The van der Waals surface area contributed by atoms with Crippen LogP contribution in [0.2, 0.25) is 15.1 Å². The summed E-state index contributed by atoms with van der Waals surface area (Å²) >= 11 is 18.3. The second-order valence-electron chi connectivity index (χ2n) is 4.29. The Morgan fingerprint density at radius 2 is 1.37 bits per heavy atom. The Bertz CT molecular complexity index is 595. The molecule has 0 unspecified atom stereocenters. The van der Waals surface area contributed by atoms with Gasteiger partial charge < -0.3 is 10.5 Å². The van der Waals surface area contributed by atoms with Gasteiger partial charge in [0.15, 0.2) is 5.75 Å². The van der Waals surface area contributed by atoms with Crippen LogP contribution < -0.4 is 10.5 Å². The summed E-state index contributed by atoms with van der Waals surface area (Å²) in [5, 5.41) is 1.47. The largest absolute Gasteiger partial charge is 0.454 e. The number of halogens is 3. The minimum atomic E-state index is 0.371. The van der Waals surface area contributed by atoms with E-state index in [9.17, 15) is 0 Å². The van der Waals surface area contributed by atoms with Gasteiger partial charge in [-0.1, -0.05) is 34.8 Å². The first-order valence-corrected chi connectivity index (χ1v) is 6.71. The Labute approximate surface area is 127 Å². The molecule has 0 aliphatic heterocycles. The van der Waals surface area contributed by atoms with Crippen molar-refractivity contribution in [1.82, 2.24) is 0 Å². The molecule has 0 aliphatic carbocycles. The molecule has 0 saturated carbocycles. The van der Waals surface area contributed by atoms with Crippen LogP contribution in [-0.2, 0) is 0 Å². The number of anilines is 1. The van der Waals surface area contributed by atoms with Crippen molar-refractivity contribution in [3.63, 3.8) is 0 Å². The molecular formula is C14H12Cl3NO. The van der Waals surface area contributed by atoms with Gasteiger partial charge in [0.25, 0.3) is 0 Å². The quantitative estimate of drug-likeness (QED) is 0.728. The number of aryl methyl sites for hydroxylation is 2. The van der Waals surface area contributed by atoms with Crippen molar-refractivity contribution in [3.8, 4) is 11.5 Å². The van der Waals surface area contributed by atoms with E-state index in [2.05, 4.69) is 0 Å². The van der Waals surface area contributed by atoms with Crippen molar-refractivity contribution in [3.05, 3.63) is 50.5 Å². The highest BCUT2D eigenvalue weighted by Crippen LogP contribution is 2.39. The fraction of sp³-hybridized carbons (Fsp3) is 0.143. The van der Waals surface area contributed by atoms with Gasteiger partial charge in [0.1, 0.15) is 5.75 Å². The predicted octanol–water partition coefficient (Wildman–Crippen LogP) is 5.64. The zero-order chi connectivity index (χ0) is 14.2. The maximum Gasteiger partial charge on any atom is 0.164 e. The first-order valence-electron chi connectivity index (χ1n) is 5.57. The average Bonchev–Trinajstić information content (AvgIpc) is 2.30. The second-order valence-corrected chi connectivity index (χ2v) is 5.48. The highest BCUT2D eigenvalue weighted by atomic mass is 35.5. The van der Waals surface area contributed by atoms with E-state index in [1.54, 1.807) is 12.1 Å². The van der Waals surface area contributed by atoms with Gasteiger partial charge in [-0.15, -0.1) is 0 Å². The standard InChI is InChI=1S/C14H12Cl3NO/c1-7-3-10(4-8(2)13(7)17)19-14-11(15)5-9(18)6-12(14)16/h3-6H,18H2,1-2H3. The lowest BCUT2D eigenvalue weighted by Crippen LogP contribution is -1.92. The molecule has 0 radical (unpaired) electrons. The third kappa shape index (κ3) is 3.08. The van der Waals surface area contributed by atoms with Crippen molar-refractivity contribution in [2.45, 2.75) is 13.8 Å². The number of nitrogens with two attached hydrogens (primary N) is 1. The van der Waals surface area contributed by atoms with Gasteiger partial charge in [0.2, 0.25) is 0 Å². The maximum absolute atomic E-state index is 6.11. The lowest BCUT2D eigenvalue weighted by atomic mass is 10.1. The summed E-state index contributed by atoms with van der Waals surface area (Å²) in [5.74, 6) is 1.02. The van der Waals surface area contributed by atoms with Gasteiger partial charge in [-0.2, -0.15) is 0 Å². The summed E-state index contributed by atoms with van der Waals surface area (Å²) in [5.41, 5.74) is 8.00. The highest BCUT2D eigenvalue weighted by molar-refractivity contribution is 6.37. The zero-order valence-corrected chi connectivity index (χ0v) is 12.7. The van der Waals surface area contributed by atoms with Crippen molar-refractivity contribution < 1.29 is 4.74 Å². The molecule has 0 heterocycles. The number of nitrogen functional groups attached to an aromatic ring is 1. The molecule has 0 bridgehead atoms. The summed E-state index contributed by atoms with van der Waals surface area (Å²) in [4.78, 5) is 0. The van der Waals surface area contributed by atoms with Crippen molar-refractivity contribution >= 4 is 40.5 Å². The molecule has 2 aromatic carbocycles. The van der Waals surface area contributed by atoms with E-state index in [-0.39, 0.29) is 0 Å². The van der Waals surface area contributed by atoms with E-state index in [1.165, 1.54) is 0 Å². The zero-order valence-electron chi connectivity index (χ0n) is 10.4. The number of ether oxygens (including phenoxy) is 1. The molecule has 100 valence electrons. The topological polar surface area (TPSA) is 35.2 Å². The number of rotatable bonds is 2. The summed E-state index contributed by atoms with van der Waals surface area (Å²) < 4.78 is 5.73. The smallest absolute Gasteiger partial charge is 0.164 e. The Morgan fingerprint density at radius 3 is 1.84 bits per heavy atom. The Morgan fingerprint density at radius 1 is 0.895 bits per heavy atom. The highest BCUT2D eigenvalue weighted by Gasteiger charge is 2.11.